The Morgan fingerprint density at radius 2 is 1.80 bits per heavy atom. The van der Waals surface area contributed by atoms with Gasteiger partial charge in [-0.3, -0.25) is 4.98 Å². The van der Waals surface area contributed by atoms with Gasteiger partial charge < -0.3 is 0 Å². The van der Waals surface area contributed by atoms with Gasteiger partial charge in [0.15, 0.2) is 0 Å². The van der Waals surface area contributed by atoms with Crippen LogP contribution >= 0.6 is 0 Å². The van der Waals surface area contributed by atoms with Crippen LogP contribution in [0.4, 0.5) is 0 Å². The van der Waals surface area contributed by atoms with E-state index in [0.29, 0.717) is 0 Å². The van der Waals surface area contributed by atoms with Gasteiger partial charge in [0.25, 0.3) is 0 Å². The number of hydrogen-bond donors (Lipinski definition) is 0. The minimum absolute atomic E-state index is 0.968. The molecule has 1 heterocycles. The highest BCUT2D eigenvalue weighted by Crippen LogP contribution is 2.08. The third-order valence-corrected chi connectivity index (χ3v) is 1.47. The second-order valence-electron chi connectivity index (χ2n) is 2.29. The average Bonchev–Trinajstić information content (AvgIpc) is 1.88. The number of aryl methyl sites for hydroxylation is 2. The zero-order valence-electron chi connectivity index (χ0n) is 6.18. The van der Waals surface area contributed by atoms with Gasteiger partial charge in [-0.25, -0.2) is 0 Å². The van der Waals surface area contributed by atoms with Crippen LogP contribution in [-0.2, 0) is 0 Å². The Morgan fingerprint density at radius 1 is 1.30 bits per heavy atom. The van der Waals surface area contributed by atoms with Gasteiger partial charge in [0.2, 0.25) is 0 Å². The third kappa shape index (κ3) is 1.01. The molecule has 0 bridgehead atoms. The molecule has 0 aliphatic heterocycles. The molecule has 0 aliphatic carbocycles. The topological polar surface area (TPSA) is 12.9 Å². The molecule has 0 saturated carbocycles. The van der Waals surface area contributed by atoms with Crippen LogP contribution in [0.1, 0.15) is 16.7 Å². The van der Waals surface area contributed by atoms with Crippen molar-refractivity contribution in [2.75, 3.05) is 0 Å². The molecule has 0 N–H and O–H groups in total. The summed E-state index contributed by atoms with van der Waals surface area (Å²) in [5.41, 5.74) is 3.11. The maximum atomic E-state index is 5.27. The minimum Gasteiger partial charge on any atom is -0.264 e. The summed E-state index contributed by atoms with van der Waals surface area (Å²) in [6.45, 7) is 3.93. The van der Waals surface area contributed by atoms with E-state index in [1.807, 2.05) is 13.8 Å². The maximum absolute atomic E-state index is 5.27. The zero-order valence-corrected chi connectivity index (χ0v) is 6.18. The molecular weight excluding hydrogens is 122 g/mol. The first-order valence-electron chi connectivity index (χ1n) is 3.13. The SMILES string of the molecule is C#Cc1c(C)cncc1C. The highest BCUT2D eigenvalue weighted by Gasteiger charge is 1.96. The minimum atomic E-state index is 0.968. The molecule has 0 radical (unpaired) electrons. The molecule has 0 amide bonds. The Bertz CT molecular complexity index is 261. The van der Waals surface area contributed by atoms with E-state index in [-0.39, 0.29) is 0 Å². The normalized spacial score (nSPS) is 8.90. The van der Waals surface area contributed by atoms with E-state index in [9.17, 15) is 0 Å². The maximum Gasteiger partial charge on any atom is 0.0331 e. The summed E-state index contributed by atoms with van der Waals surface area (Å²) in [6, 6.07) is 0. The summed E-state index contributed by atoms with van der Waals surface area (Å²) < 4.78 is 0. The average molecular weight is 131 g/mol. The van der Waals surface area contributed by atoms with Crippen molar-refractivity contribution < 1.29 is 0 Å². The second kappa shape index (κ2) is 2.53. The third-order valence-electron chi connectivity index (χ3n) is 1.47. The molecule has 0 fully saturated rings. The van der Waals surface area contributed by atoms with Crippen LogP contribution in [0.5, 0.6) is 0 Å². The lowest BCUT2D eigenvalue weighted by atomic mass is 10.1. The Kier molecular flexibility index (Phi) is 1.73. The molecule has 1 rings (SSSR count). The smallest absolute Gasteiger partial charge is 0.0331 e. The summed E-state index contributed by atoms with van der Waals surface area (Å²) in [5, 5.41) is 0. The molecule has 10 heavy (non-hydrogen) atoms. The van der Waals surface area contributed by atoms with Crippen molar-refractivity contribution in [1.29, 1.82) is 0 Å². The van der Waals surface area contributed by atoms with Crippen LogP contribution in [-0.4, -0.2) is 4.98 Å². The second-order valence-corrected chi connectivity index (χ2v) is 2.29. The van der Waals surface area contributed by atoms with Gasteiger partial charge in [0.05, 0.1) is 0 Å². The van der Waals surface area contributed by atoms with Crippen LogP contribution < -0.4 is 0 Å². The van der Waals surface area contributed by atoms with Crippen molar-refractivity contribution in [3.05, 3.63) is 29.1 Å². The van der Waals surface area contributed by atoms with Crippen molar-refractivity contribution >= 4 is 0 Å². The van der Waals surface area contributed by atoms with E-state index in [4.69, 9.17) is 6.42 Å². The van der Waals surface area contributed by atoms with E-state index >= 15 is 0 Å². The zero-order chi connectivity index (χ0) is 7.56. The van der Waals surface area contributed by atoms with E-state index < -0.39 is 0 Å². The summed E-state index contributed by atoms with van der Waals surface area (Å²) in [6.07, 6.45) is 8.83. The molecule has 0 atom stereocenters. The number of nitrogens with zero attached hydrogens (tertiary/aromatic N) is 1. The Labute approximate surface area is 61.1 Å². The molecule has 1 aromatic heterocycles. The molecule has 1 heteroatoms. The van der Waals surface area contributed by atoms with Crippen molar-refractivity contribution in [3.63, 3.8) is 0 Å². The van der Waals surface area contributed by atoms with Gasteiger partial charge in [-0.05, 0) is 25.0 Å². The first-order valence-corrected chi connectivity index (χ1v) is 3.13. The summed E-state index contributed by atoms with van der Waals surface area (Å²) in [4.78, 5) is 4.00. The summed E-state index contributed by atoms with van der Waals surface area (Å²) in [5.74, 6) is 2.62. The molecule has 0 unspecified atom stereocenters. The van der Waals surface area contributed by atoms with E-state index in [0.717, 1.165) is 16.7 Å². The van der Waals surface area contributed by atoms with Crippen LogP contribution in [0.3, 0.4) is 0 Å². The van der Waals surface area contributed by atoms with Crippen LogP contribution in [0, 0.1) is 26.2 Å². The van der Waals surface area contributed by atoms with Gasteiger partial charge in [0.1, 0.15) is 0 Å². The number of aromatic nitrogens is 1. The highest BCUT2D eigenvalue weighted by atomic mass is 14.6. The van der Waals surface area contributed by atoms with E-state index in [2.05, 4.69) is 10.9 Å². The Morgan fingerprint density at radius 3 is 2.10 bits per heavy atom. The van der Waals surface area contributed by atoms with Crippen molar-refractivity contribution in [3.8, 4) is 12.3 Å². The Balaban J connectivity index is 3.34. The lowest BCUT2D eigenvalue weighted by Crippen LogP contribution is -1.88. The van der Waals surface area contributed by atoms with Gasteiger partial charge in [-0.1, -0.05) is 5.92 Å². The number of terminal acetylenes is 1. The molecule has 50 valence electrons. The monoisotopic (exact) mass is 131 g/mol. The van der Waals surface area contributed by atoms with Crippen molar-refractivity contribution in [2.45, 2.75) is 13.8 Å². The molecule has 1 aromatic rings. The number of pyridine rings is 1. The summed E-state index contributed by atoms with van der Waals surface area (Å²) in [7, 11) is 0. The predicted molar refractivity (Wildman–Crippen MR) is 41.6 cm³/mol. The fourth-order valence-electron chi connectivity index (χ4n) is 0.929. The number of rotatable bonds is 0. The van der Waals surface area contributed by atoms with Gasteiger partial charge in [0, 0.05) is 18.0 Å². The molecule has 0 spiro atoms. The lowest BCUT2D eigenvalue weighted by Gasteiger charge is -1.99. The van der Waals surface area contributed by atoms with Crippen LogP contribution in [0.15, 0.2) is 12.4 Å². The van der Waals surface area contributed by atoms with Gasteiger partial charge in [-0.15, -0.1) is 6.42 Å². The molecule has 0 aromatic carbocycles. The molecule has 1 nitrogen and oxygen atoms in total. The van der Waals surface area contributed by atoms with Crippen LogP contribution in [0.25, 0.3) is 0 Å². The van der Waals surface area contributed by atoms with E-state index in [1.54, 1.807) is 12.4 Å². The lowest BCUT2D eigenvalue weighted by molar-refractivity contribution is 1.20. The number of hydrogen-bond acceptors (Lipinski definition) is 1. The predicted octanol–water partition coefficient (Wildman–Crippen LogP) is 1.68. The summed E-state index contributed by atoms with van der Waals surface area (Å²) >= 11 is 0. The van der Waals surface area contributed by atoms with E-state index in [1.165, 1.54) is 0 Å². The standard InChI is InChI=1S/C9H9N/c1-4-9-7(2)5-10-6-8(9)3/h1,5-6H,2-3H3. The quantitative estimate of drug-likeness (QED) is 0.488. The largest absolute Gasteiger partial charge is 0.264 e. The van der Waals surface area contributed by atoms with Gasteiger partial charge in [-0.2, -0.15) is 0 Å². The van der Waals surface area contributed by atoms with Crippen molar-refractivity contribution in [2.24, 2.45) is 0 Å². The molecule has 0 saturated heterocycles. The first-order chi connectivity index (χ1) is 4.75. The van der Waals surface area contributed by atoms with Crippen molar-refractivity contribution in [1.82, 2.24) is 4.98 Å². The molecule has 0 aliphatic rings. The molecular formula is C9H9N. The van der Waals surface area contributed by atoms with Gasteiger partial charge >= 0.3 is 0 Å². The van der Waals surface area contributed by atoms with Crippen LogP contribution in [0.2, 0.25) is 0 Å². The fraction of sp³-hybridized carbons (Fsp3) is 0.222. The highest BCUT2D eigenvalue weighted by molar-refractivity contribution is 5.42. The fourth-order valence-corrected chi connectivity index (χ4v) is 0.929. The first kappa shape index (κ1) is 6.82. The Hall–Kier alpha value is -1.29.